The third-order valence-electron chi connectivity index (χ3n) is 7.02. The van der Waals surface area contributed by atoms with E-state index in [0.717, 1.165) is 35.1 Å². The predicted molar refractivity (Wildman–Crippen MR) is 143 cm³/mol. The Morgan fingerprint density at radius 1 is 1.26 bits per heavy atom. The Kier molecular flexibility index (Phi) is 7.50. The number of carbonyl (C=O) groups is 2. The molecule has 2 amide bonds. The molecule has 4 heterocycles. The SMILES string of the molecule is CON(C)C(=O)CC1CN(S(=O)(=O)c2cc3cc(Cl)ccc3[nH]2)CCN1C(=O)c1nc2c(s1)CN(C)CC2. The Morgan fingerprint density at radius 2 is 2.05 bits per heavy atom. The van der Waals surface area contributed by atoms with Crippen molar-refractivity contribution in [3.05, 3.63) is 44.9 Å². The molecule has 2 aliphatic rings. The van der Waals surface area contributed by atoms with Crippen LogP contribution >= 0.6 is 22.9 Å². The fraction of sp³-hybridized carbons (Fsp3) is 0.458. The first-order chi connectivity index (χ1) is 18.1. The molecule has 38 heavy (non-hydrogen) atoms. The van der Waals surface area contributed by atoms with Crippen molar-refractivity contribution in [1.29, 1.82) is 0 Å². The molecule has 0 bridgehead atoms. The van der Waals surface area contributed by atoms with Crippen molar-refractivity contribution in [3.63, 3.8) is 0 Å². The number of hydrogen-bond acceptors (Lipinski definition) is 8. The highest BCUT2D eigenvalue weighted by molar-refractivity contribution is 7.89. The van der Waals surface area contributed by atoms with Crippen LogP contribution in [0.5, 0.6) is 0 Å². The molecule has 1 aromatic carbocycles. The highest BCUT2D eigenvalue weighted by atomic mass is 35.5. The van der Waals surface area contributed by atoms with Crippen LogP contribution < -0.4 is 0 Å². The number of piperazine rings is 1. The average molecular weight is 581 g/mol. The minimum atomic E-state index is -3.93. The summed E-state index contributed by atoms with van der Waals surface area (Å²) < 4.78 is 28.5. The van der Waals surface area contributed by atoms with Gasteiger partial charge in [0.25, 0.3) is 15.9 Å². The number of rotatable bonds is 6. The summed E-state index contributed by atoms with van der Waals surface area (Å²) in [5, 5.41) is 2.66. The molecule has 1 N–H and O–H groups in total. The molecule has 0 radical (unpaired) electrons. The van der Waals surface area contributed by atoms with Gasteiger partial charge in [-0.05, 0) is 31.3 Å². The number of benzene rings is 1. The Bertz CT molecular complexity index is 1490. The molecule has 3 aromatic rings. The zero-order valence-corrected chi connectivity index (χ0v) is 23.7. The first-order valence-corrected chi connectivity index (χ1v) is 14.8. The normalized spacial score (nSPS) is 19.1. The maximum Gasteiger partial charge on any atom is 0.283 e. The first kappa shape index (κ1) is 27.0. The number of nitrogens with one attached hydrogen (secondary N) is 1. The van der Waals surface area contributed by atoms with Gasteiger partial charge in [-0.1, -0.05) is 11.6 Å². The molecule has 11 nitrogen and oxygen atoms in total. The molecule has 1 fully saturated rings. The largest absolute Gasteiger partial charge is 0.345 e. The fourth-order valence-electron chi connectivity index (χ4n) is 4.81. The number of fused-ring (bicyclic) bond motifs is 2. The van der Waals surface area contributed by atoms with Crippen LogP contribution in [0.25, 0.3) is 10.9 Å². The molecule has 1 atom stereocenters. The number of amides is 2. The van der Waals surface area contributed by atoms with E-state index >= 15 is 0 Å². The highest BCUT2D eigenvalue weighted by Gasteiger charge is 2.39. The van der Waals surface area contributed by atoms with Crippen LogP contribution in [0, 0.1) is 0 Å². The second-order valence-electron chi connectivity index (χ2n) is 9.54. The van der Waals surface area contributed by atoms with E-state index in [2.05, 4.69) is 14.9 Å². The molecule has 14 heteroatoms. The van der Waals surface area contributed by atoms with Crippen LogP contribution in [0.3, 0.4) is 0 Å². The second kappa shape index (κ2) is 10.5. The van der Waals surface area contributed by atoms with E-state index in [1.165, 1.54) is 29.8 Å². The zero-order valence-electron chi connectivity index (χ0n) is 21.3. The average Bonchev–Trinajstić information content (AvgIpc) is 3.51. The van der Waals surface area contributed by atoms with Gasteiger partial charge in [0.05, 0.1) is 25.3 Å². The molecular formula is C24H29ClN6O5S2. The number of likely N-dealkylation sites (N-methyl/N-ethyl adjacent to an activating group) is 1. The number of hydroxylamine groups is 2. The summed E-state index contributed by atoms with van der Waals surface area (Å²) in [4.78, 5) is 43.8. The van der Waals surface area contributed by atoms with Gasteiger partial charge >= 0.3 is 0 Å². The van der Waals surface area contributed by atoms with E-state index in [0.29, 0.717) is 20.9 Å². The fourth-order valence-corrected chi connectivity index (χ4v) is 7.62. The minimum Gasteiger partial charge on any atom is -0.345 e. The van der Waals surface area contributed by atoms with Gasteiger partial charge in [0.15, 0.2) is 5.01 Å². The molecule has 1 unspecified atom stereocenters. The number of carbonyl (C=O) groups excluding carboxylic acids is 2. The van der Waals surface area contributed by atoms with Crippen LogP contribution in [0.2, 0.25) is 5.02 Å². The lowest BCUT2D eigenvalue weighted by atomic mass is 10.1. The van der Waals surface area contributed by atoms with E-state index in [4.69, 9.17) is 16.4 Å². The van der Waals surface area contributed by atoms with Crippen molar-refractivity contribution in [2.24, 2.45) is 0 Å². The lowest BCUT2D eigenvalue weighted by Crippen LogP contribution is -2.57. The van der Waals surface area contributed by atoms with Crippen LogP contribution in [0.4, 0.5) is 0 Å². The monoisotopic (exact) mass is 580 g/mol. The quantitative estimate of drug-likeness (QED) is 0.444. The van der Waals surface area contributed by atoms with Gasteiger partial charge < -0.3 is 14.8 Å². The van der Waals surface area contributed by atoms with Crippen molar-refractivity contribution in [1.82, 2.24) is 29.1 Å². The maximum absolute atomic E-state index is 13.6. The van der Waals surface area contributed by atoms with Crippen LogP contribution in [-0.2, 0) is 32.6 Å². The summed E-state index contributed by atoms with van der Waals surface area (Å²) in [6.07, 6.45) is 0.677. The van der Waals surface area contributed by atoms with E-state index in [9.17, 15) is 18.0 Å². The number of aromatic nitrogens is 2. The topological polar surface area (TPSA) is 119 Å². The first-order valence-electron chi connectivity index (χ1n) is 12.1. The summed E-state index contributed by atoms with van der Waals surface area (Å²) in [6, 6.07) is 5.95. The summed E-state index contributed by atoms with van der Waals surface area (Å²) in [5.74, 6) is -0.655. The number of aromatic amines is 1. The summed E-state index contributed by atoms with van der Waals surface area (Å²) >= 11 is 7.44. The van der Waals surface area contributed by atoms with Gasteiger partial charge in [-0.2, -0.15) is 4.31 Å². The van der Waals surface area contributed by atoms with E-state index < -0.39 is 16.1 Å². The Hall–Kier alpha value is -2.55. The molecule has 5 rings (SSSR count). The third kappa shape index (κ3) is 5.18. The molecule has 204 valence electrons. The van der Waals surface area contributed by atoms with Crippen molar-refractivity contribution in [2.45, 2.75) is 30.5 Å². The number of hydrogen-bond donors (Lipinski definition) is 1. The molecule has 2 aliphatic heterocycles. The second-order valence-corrected chi connectivity index (χ2v) is 13.0. The summed E-state index contributed by atoms with van der Waals surface area (Å²) in [5.41, 5.74) is 1.58. The lowest BCUT2D eigenvalue weighted by Gasteiger charge is -2.40. The molecule has 1 saturated heterocycles. The number of thiazole rings is 1. The molecular weight excluding hydrogens is 552 g/mol. The molecule has 0 saturated carbocycles. The van der Waals surface area contributed by atoms with Crippen molar-refractivity contribution < 1.29 is 22.8 Å². The van der Waals surface area contributed by atoms with Crippen molar-refractivity contribution in [3.8, 4) is 0 Å². The van der Waals surface area contributed by atoms with Gasteiger partial charge in [-0.15, -0.1) is 11.3 Å². The van der Waals surface area contributed by atoms with Crippen molar-refractivity contribution in [2.75, 3.05) is 47.4 Å². The number of H-pyrrole nitrogens is 1. The number of sulfonamides is 1. The van der Waals surface area contributed by atoms with Gasteiger partial charge in [0.2, 0.25) is 5.91 Å². The third-order valence-corrected chi connectivity index (χ3v) is 10.1. The summed E-state index contributed by atoms with van der Waals surface area (Å²) in [7, 11) is 0.948. The Labute approximate surface area is 229 Å². The van der Waals surface area contributed by atoms with Gasteiger partial charge in [0.1, 0.15) is 5.03 Å². The molecule has 0 spiro atoms. The van der Waals surface area contributed by atoms with E-state index in [-0.39, 0.29) is 42.9 Å². The Morgan fingerprint density at radius 3 is 2.82 bits per heavy atom. The van der Waals surface area contributed by atoms with Crippen LogP contribution in [0.15, 0.2) is 29.3 Å². The standard InChI is InChI=1S/C24H29ClN6O5S2/c1-28-7-6-19-20(14-28)37-23(27-19)24(33)31-9-8-30(13-17(31)12-22(32)29(2)36-3)38(34,35)21-11-15-10-16(25)4-5-18(15)26-21/h4-5,10-11,17,26H,6-9,12-14H2,1-3H3. The van der Waals surface area contributed by atoms with Crippen LogP contribution in [-0.4, -0.2) is 103 Å². The van der Waals surface area contributed by atoms with Crippen LogP contribution in [0.1, 0.15) is 26.8 Å². The molecule has 0 aliphatic carbocycles. The lowest BCUT2D eigenvalue weighted by molar-refractivity contribution is -0.170. The number of halogens is 1. The molecule has 2 aromatic heterocycles. The smallest absolute Gasteiger partial charge is 0.283 e. The number of nitrogens with zero attached hydrogens (tertiary/aromatic N) is 5. The van der Waals surface area contributed by atoms with Gasteiger partial charge in [-0.25, -0.2) is 18.5 Å². The highest BCUT2D eigenvalue weighted by Crippen LogP contribution is 2.29. The van der Waals surface area contributed by atoms with Gasteiger partial charge in [0, 0.05) is 67.0 Å². The van der Waals surface area contributed by atoms with E-state index in [1.54, 1.807) is 29.2 Å². The zero-order chi connectivity index (χ0) is 27.2. The van der Waals surface area contributed by atoms with Crippen molar-refractivity contribution >= 4 is 55.7 Å². The predicted octanol–water partition coefficient (Wildman–Crippen LogP) is 2.19. The minimum absolute atomic E-state index is 0.0327. The van der Waals surface area contributed by atoms with Gasteiger partial charge in [-0.3, -0.25) is 14.4 Å². The Balaban J connectivity index is 1.41. The maximum atomic E-state index is 13.6. The summed E-state index contributed by atoms with van der Waals surface area (Å²) in [6.45, 7) is 1.79. The van der Waals surface area contributed by atoms with E-state index in [1.807, 2.05) is 7.05 Å².